The van der Waals surface area contributed by atoms with E-state index in [1.165, 1.54) is 28.6 Å². The molecule has 8 heteroatoms. The van der Waals surface area contributed by atoms with Gasteiger partial charge in [-0.25, -0.2) is 8.42 Å². The number of benzene rings is 1. The summed E-state index contributed by atoms with van der Waals surface area (Å²) in [4.78, 5) is 10.1. The van der Waals surface area contributed by atoms with Gasteiger partial charge >= 0.3 is 0 Å². The van der Waals surface area contributed by atoms with E-state index in [0.717, 1.165) is 6.42 Å². The van der Waals surface area contributed by atoms with Gasteiger partial charge in [0.05, 0.1) is 9.82 Å². The summed E-state index contributed by atoms with van der Waals surface area (Å²) >= 11 is 0. The standard InChI is InChI=1S/C12H17N3O4S/c1-9(13)10-6-7-14(8-10)20(18,19)12-4-2-11(3-5-12)15(16)17/h2-5,9-10H,6-8,13H2,1H3/t9-,10-/m0/s1. The summed E-state index contributed by atoms with van der Waals surface area (Å²) in [5, 5.41) is 10.6. The Bertz CT molecular complexity index is 598. The molecular weight excluding hydrogens is 282 g/mol. The first-order chi connectivity index (χ1) is 9.32. The smallest absolute Gasteiger partial charge is 0.269 e. The number of nitrogens with two attached hydrogens (primary N) is 1. The second kappa shape index (κ2) is 5.47. The van der Waals surface area contributed by atoms with E-state index in [1.54, 1.807) is 0 Å². The summed E-state index contributed by atoms with van der Waals surface area (Å²) in [5.74, 6) is 0.155. The molecule has 110 valence electrons. The minimum Gasteiger partial charge on any atom is -0.328 e. The van der Waals surface area contributed by atoms with E-state index in [0.29, 0.717) is 13.1 Å². The van der Waals surface area contributed by atoms with Crippen LogP contribution in [0.1, 0.15) is 13.3 Å². The molecule has 2 atom stereocenters. The lowest BCUT2D eigenvalue weighted by molar-refractivity contribution is -0.384. The van der Waals surface area contributed by atoms with Gasteiger partial charge in [-0.3, -0.25) is 10.1 Å². The van der Waals surface area contributed by atoms with E-state index in [9.17, 15) is 18.5 Å². The molecule has 2 rings (SSSR count). The summed E-state index contributed by atoms with van der Waals surface area (Å²) in [7, 11) is -3.59. The van der Waals surface area contributed by atoms with Crippen molar-refractivity contribution in [2.45, 2.75) is 24.3 Å². The van der Waals surface area contributed by atoms with Gasteiger partial charge in [0.15, 0.2) is 0 Å². The summed E-state index contributed by atoms with van der Waals surface area (Å²) < 4.78 is 26.2. The molecule has 1 aromatic rings. The Morgan fingerprint density at radius 2 is 2.00 bits per heavy atom. The molecular formula is C12H17N3O4S. The fourth-order valence-corrected chi connectivity index (χ4v) is 3.80. The molecule has 0 saturated carbocycles. The van der Waals surface area contributed by atoms with Gasteiger partial charge in [-0.15, -0.1) is 0 Å². The number of sulfonamides is 1. The van der Waals surface area contributed by atoms with Crippen LogP contribution in [0.25, 0.3) is 0 Å². The zero-order valence-corrected chi connectivity index (χ0v) is 11.9. The highest BCUT2D eigenvalue weighted by atomic mass is 32.2. The predicted octanol–water partition coefficient (Wildman–Crippen LogP) is 0.953. The molecule has 0 aliphatic carbocycles. The van der Waals surface area contributed by atoms with Crippen LogP contribution in [0.5, 0.6) is 0 Å². The monoisotopic (exact) mass is 299 g/mol. The minimum absolute atomic E-state index is 0.0490. The molecule has 0 spiro atoms. The molecule has 1 heterocycles. The van der Waals surface area contributed by atoms with Gasteiger partial charge in [0.2, 0.25) is 10.0 Å². The molecule has 20 heavy (non-hydrogen) atoms. The first kappa shape index (κ1) is 14.9. The van der Waals surface area contributed by atoms with E-state index >= 15 is 0 Å². The van der Waals surface area contributed by atoms with Gasteiger partial charge in [-0.1, -0.05) is 0 Å². The van der Waals surface area contributed by atoms with Crippen LogP contribution < -0.4 is 5.73 Å². The van der Waals surface area contributed by atoms with Crippen LogP contribution in [-0.4, -0.2) is 36.8 Å². The molecule has 7 nitrogen and oxygen atoms in total. The van der Waals surface area contributed by atoms with Crippen molar-refractivity contribution >= 4 is 15.7 Å². The van der Waals surface area contributed by atoms with Crippen molar-refractivity contribution < 1.29 is 13.3 Å². The van der Waals surface area contributed by atoms with Crippen molar-refractivity contribution in [2.24, 2.45) is 11.7 Å². The van der Waals surface area contributed by atoms with Crippen molar-refractivity contribution in [3.8, 4) is 0 Å². The molecule has 0 radical (unpaired) electrons. The largest absolute Gasteiger partial charge is 0.328 e. The fraction of sp³-hybridized carbons (Fsp3) is 0.500. The summed E-state index contributed by atoms with van der Waals surface area (Å²) in [5.41, 5.74) is 5.67. The van der Waals surface area contributed by atoms with Gasteiger partial charge in [-0.05, 0) is 31.4 Å². The molecule has 2 N–H and O–H groups in total. The van der Waals surface area contributed by atoms with Crippen LogP contribution in [-0.2, 0) is 10.0 Å². The Kier molecular flexibility index (Phi) is 4.07. The van der Waals surface area contributed by atoms with Gasteiger partial charge in [-0.2, -0.15) is 4.31 Å². The van der Waals surface area contributed by atoms with Gasteiger partial charge in [0, 0.05) is 31.3 Å². The predicted molar refractivity (Wildman–Crippen MR) is 73.6 cm³/mol. The number of non-ortho nitro benzene ring substituents is 1. The van der Waals surface area contributed by atoms with Crippen molar-refractivity contribution in [3.05, 3.63) is 34.4 Å². The number of nitro benzene ring substituents is 1. The Morgan fingerprint density at radius 1 is 1.40 bits per heavy atom. The van der Waals surface area contributed by atoms with Crippen LogP contribution in [0.15, 0.2) is 29.2 Å². The average Bonchev–Trinajstić information content (AvgIpc) is 2.89. The summed E-state index contributed by atoms with van der Waals surface area (Å²) in [6.07, 6.45) is 0.740. The van der Waals surface area contributed by atoms with E-state index in [1.807, 2.05) is 6.92 Å². The Labute approximate surface area is 117 Å². The first-order valence-electron chi connectivity index (χ1n) is 6.32. The maximum atomic E-state index is 12.4. The molecule has 1 aliphatic rings. The van der Waals surface area contributed by atoms with Crippen LogP contribution in [0, 0.1) is 16.0 Å². The van der Waals surface area contributed by atoms with E-state index in [4.69, 9.17) is 5.73 Å². The van der Waals surface area contributed by atoms with Crippen LogP contribution in [0.2, 0.25) is 0 Å². The maximum Gasteiger partial charge on any atom is 0.269 e. The number of nitrogens with zero attached hydrogens (tertiary/aromatic N) is 2. The van der Waals surface area contributed by atoms with E-state index in [2.05, 4.69) is 0 Å². The highest BCUT2D eigenvalue weighted by molar-refractivity contribution is 7.89. The van der Waals surface area contributed by atoms with Crippen LogP contribution in [0.4, 0.5) is 5.69 Å². The van der Waals surface area contributed by atoms with Crippen LogP contribution >= 0.6 is 0 Å². The molecule has 1 aromatic carbocycles. The number of hydrogen-bond donors (Lipinski definition) is 1. The Balaban J connectivity index is 2.21. The SMILES string of the molecule is C[C@H](N)[C@H]1CCN(S(=O)(=O)c2ccc([N+](=O)[O-])cc2)C1. The van der Waals surface area contributed by atoms with E-state index < -0.39 is 14.9 Å². The van der Waals surface area contributed by atoms with Gasteiger partial charge < -0.3 is 5.73 Å². The summed E-state index contributed by atoms with van der Waals surface area (Å²) in [6, 6.07) is 4.89. The van der Waals surface area contributed by atoms with Crippen molar-refractivity contribution in [2.75, 3.05) is 13.1 Å². The highest BCUT2D eigenvalue weighted by Gasteiger charge is 2.34. The highest BCUT2D eigenvalue weighted by Crippen LogP contribution is 2.26. The molecule has 0 bridgehead atoms. The van der Waals surface area contributed by atoms with Gasteiger partial charge in [0.25, 0.3) is 5.69 Å². The topological polar surface area (TPSA) is 107 Å². The molecule has 0 unspecified atom stereocenters. The lowest BCUT2D eigenvalue weighted by atomic mass is 10.0. The maximum absolute atomic E-state index is 12.4. The third-order valence-electron chi connectivity index (χ3n) is 3.62. The quantitative estimate of drug-likeness (QED) is 0.658. The second-order valence-corrected chi connectivity index (χ2v) is 6.96. The zero-order valence-electron chi connectivity index (χ0n) is 11.1. The molecule has 1 saturated heterocycles. The number of nitro groups is 1. The summed E-state index contributed by atoms with van der Waals surface area (Å²) in [6.45, 7) is 2.70. The fourth-order valence-electron chi connectivity index (χ4n) is 2.29. The van der Waals surface area contributed by atoms with Crippen molar-refractivity contribution in [1.82, 2.24) is 4.31 Å². The number of rotatable bonds is 4. The lowest BCUT2D eigenvalue weighted by Crippen LogP contribution is -2.33. The second-order valence-electron chi connectivity index (χ2n) is 5.02. The van der Waals surface area contributed by atoms with Crippen LogP contribution in [0.3, 0.4) is 0 Å². The first-order valence-corrected chi connectivity index (χ1v) is 7.76. The molecule has 1 fully saturated rings. The third kappa shape index (κ3) is 2.82. The lowest BCUT2D eigenvalue weighted by Gasteiger charge is -2.18. The Morgan fingerprint density at radius 3 is 2.45 bits per heavy atom. The van der Waals surface area contributed by atoms with Gasteiger partial charge in [0.1, 0.15) is 0 Å². The molecule has 0 aromatic heterocycles. The van der Waals surface area contributed by atoms with Crippen molar-refractivity contribution in [1.29, 1.82) is 0 Å². The Hall–Kier alpha value is -1.51. The average molecular weight is 299 g/mol. The molecule has 0 amide bonds. The zero-order chi connectivity index (χ0) is 14.9. The molecule has 1 aliphatic heterocycles. The van der Waals surface area contributed by atoms with Crippen molar-refractivity contribution in [3.63, 3.8) is 0 Å². The normalized spacial score (nSPS) is 21.8. The van der Waals surface area contributed by atoms with E-state index in [-0.39, 0.29) is 22.5 Å². The minimum atomic E-state index is -3.59. The third-order valence-corrected chi connectivity index (χ3v) is 5.50. The number of hydrogen-bond acceptors (Lipinski definition) is 5.